The predicted octanol–water partition coefficient (Wildman–Crippen LogP) is 1.03. The summed E-state index contributed by atoms with van der Waals surface area (Å²) in [6, 6.07) is 6.24. The number of rotatable bonds is 6. The average Bonchev–Trinajstić information content (AvgIpc) is 2.34. The lowest BCUT2D eigenvalue weighted by Crippen LogP contribution is -2.42. The first-order chi connectivity index (χ1) is 8.90. The lowest BCUT2D eigenvalue weighted by atomic mass is 10.0. The van der Waals surface area contributed by atoms with Crippen molar-refractivity contribution >= 4 is 11.9 Å². The van der Waals surface area contributed by atoms with Gasteiger partial charge in [0.25, 0.3) is 5.91 Å². The summed E-state index contributed by atoms with van der Waals surface area (Å²) >= 11 is 0. The first-order valence-electron chi connectivity index (χ1n) is 6.25. The van der Waals surface area contributed by atoms with Crippen LogP contribution in [0.5, 0.6) is 0 Å². The third-order valence-corrected chi connectivity index (χ3v) is 2.63. The van der Waals surface area contributed by atoms with Gasteiger partial charge in [-0.15, -0.1) is 0 Å². The molecule has 5 nitrogen and oxygen atoms in total. The fourth-order valence-corrected chi connectivity index (χ4v) is 1.70. The third kappa shape index (κ3) is 5.09. The molecule has 1 amide bonds. The van der Waals surface area contributed by atoms with Crippen molar-refractivity contribution in [2.24, 2.45) is 11.7 Å². The van der Waals surface area contributed by atoms with Crippen molar-refractivity contribution in [2.75, 3.05) is 6.54 Å². The molecule has 0 saturated carbocycles. The number of nitrogens with two attached hydrogens (primary N) is 1. The van der Waals surface area contributed by atoms with E-state index in [2.05, 4.69) is 19.2 Å². The summed E-state index contributed by atoms with van der Waals surface area (Å²) in [6.45, 7) is 4.14. The van der Waals surface area contributed by atoms with E-state index in [0.29, 0.717) is 11.5 Å². The average molecular weight is 264 g/mol. The molecule has 0 radical (unpaired) electrons. The molecule has 1 aromatic rings. The zero-order valence-corrected chi connectivity index (χ0v) is 11.2. The van der Waals surface area contributed by atoms with Crippen molar-refractivity contribution < 1.29 is 14.7 Å². The molecule has 4 N–H and O–H groups in total. The summed E-state index contributed by atoms with van der Waals surface area (Å²) in [5, 5.41) is 11.1. The van der Waals surface area contributed by atoms with Crippen LogP contribution in [-0.2, 0) is 11.2 Å². The van der Waals surface area contributed by atoms with Crippen LogP contribution in [0, 0.1) is 5.92 Å². The van der Waals surface area contributed by atoms with Crippen LogP contribution in [0.3, 0.4) is 0 Å². The molecule has 0 saturated heterocycles. The third-order valence-electron chi connectivity index (χ3n) is 2.63. The van der Waals surface area contributed by atoms with Gasteiger partial charge in [0.05, 0.1) is 0 Å². The molecule has 1 rings (SSSR count). The molecule has 0 heterocycles. The molecular weight excluding hydrogens is 244 g/mol. The van der Waals surface area contributed by atoms with Crippen LogP contribution in [0.2, 0.25) is 0 Å². The zero-order chi connectivity index (χ0) is 14.4. The summed E-state index contributed by atoms with van der Waals surface area (Å²) in [4.78, 5) is 22.4. The molecule has 0 aliphatic carbocycles. The Kier molecular flexibility index (Phi) is 5.51. The van der Waals surface area contributed by atoms with Crippen molar-refractivity contribution in [3.8, 4) is 0 Å². The second-order valence-corrected chi connectivity index (χ2v) is 4.95. The number of aliphatic carboxylic acids is 1. The van der Waals surface area contributed by atoms with Crippen molar-refractivity contribution in [2.45, 2.75) is 26.3 Å². The lowest BCUT2D eigenvalue weighted by Gasteiger charge is -2.10. The monoisotopic (exact) mass is 264 g/mol. The Morgan fingerprint density at radius 2 is 2.05 bits per heavy atom. The fourth-order valence-electron chi connectivity index (χ4n) is 1.70. The van der Waals surface area contributed by atoms with E-state index in [4.69, 9.17) is 10.8 Å². The molecule has 1 atom stereocenters. The van der Waals surface area contributed by atoms with Crippen LogP contribution >= 0.6 is 0 Å². The van der Waals surface area contributed by atoms with Gasteiger partial charge in [0.15, 0.2) is 0 Å². The Bertz CT molecular complexity index is 458. The smallest absolute Gasteiger partial charge is 0.322 e. The van der Waals surface area contributed by atoms with Crippen molar-refractivity contribution in [1.29, 1.82) is 0 Å². The first kappa shape index (κ1) is 15.2. The highest BCUT2D eigenvalue weighted by Crippen LogP contribution is 2.10. The van der Waals surface area contributed by atoms with Crippen LogP contribution < -0.4 is 11.1 Å². The van der Waals surface area contributed by atoms with E-state index in [9.17, 15) is 9.59 Å². The second-order valence-electron chi connectivity index (χ2n) is 4.95. The summed E-state index contributed by atoms with van der Waals surface area (Å²) < 4.78 is 0. The number of carboxylic acids is 1. The van der Waals surface area contributed by atoms with Gasteiger partial charge in [0, 0.05) is 12.1 Å². The molecule has 1 aromatic carbocycles. The van der Waals surface area contributed by atoms with Gasteiger partial charge in [0.2, 0.25) is 0 Å². The maximum atomic E-state index is 11.9. The summed E-state index contributed by atoms with van der Waals surface area (Å²) in [6.07, 6.45) is 0.899. The zero-order valence-electron chi connectivity index (χ0n) is 11.2. The van der Waals surface area contributed by atoms with E-state index < -0.39 is 12.0 Å². The van der Waals surface area contributed by atoms with Gasteiger partial charge in [-0.1, -0.05) is 26.0 Å². The van der Waals surface area contributed by atoms with E-state index in [-0.39, 0.29) is 12.5 Å². The van der Waals surface area contributed by atoms with Crippen LogP contribution in [-0.4, -0.2) is 29.6 Å². The van der Waals surface area contributed by atoms with Crippen molar-refractivity contribution in [3.05, 3.63) is 35.4 Å². The molecule has 0 spiro atoms. The van der Waals surface area contributed by atoms with Crippen LogP contribution in [0.15, 0.2) is 24.3 Å². The number of nitrogens with one attached hydrogen (secondary N) is 1. The molecule has 0 aliphatic heterocycles. The summed E-state index contributed by atoms with van der Waals surface area (Å²) in [5.74, 6) is -0.921. The second kappa shape index (κ2) is 6.89. The standard InChI is InChI=1S/C14H20N2O3/c1-9(2)6-10-4-3-5-11(7-10)13(17)16-8-12(15)14(18)19/h3-5,7,9,12H,6,8,15H2,1-2H3,(H,16,17)(H,18,19)/t12-/m1/s1. The highest BCUT2D eigenvalue weighted by Gasteiger charge is 2.13. The van der Waals surface area contributed by atoms with Gasteiger partial charge in [0.1, 0.15) is 6.04 Å². The molecule has 0 bridgehead atoms. The number of carbonyl (C=O) groups excluding carboxylic acids is 1. The normalized spacial score (nSPS) is 12.2. The van der Waals surface area contributed by atoms with Crippen molar-refractivity contribution in [3.63, 3.8) is 0 Å². The highest BCUT2D eigenvalue weighted by molar-refractivity contribution is 5.94. The summed E-state index contributed by atoms with van der Waals surface area (Å²) in [7, 11) is 0. The number of amides is 1. The van der Waals surface area contributed by atoms with Gasteiger partial charge >= 0.3 is 5.97 Å². The number of hydrogen-bond donors (Lipinski definition) is 3. The molecule has 19 heavy (non-hydrogen) atoms. The van der Waals surface area contributed by atoms with Crippen LogP contribution in [0.25, 0.3) is 0 Å². The van der Waals surface area contributed by atoms with Crippen LogP contribution in [0.1, 0.15) is 29.8 Å². The Balaban J connectivity index is 2.64. The van der Waals surface area contributed by atoms with E-state index in [1.165, 1.54) is 0 Å². The van der Waals surface area contributed by atoms with E-state index in [1.807, 2.05) is 18.2 Å². The van der Waals surface area contributed by atoms with Gasteiger partial charge in [-0.25, -0.2) is 0 Å². The molecule has 0 aromatic heterocycles. The molecule has 0 aliphatic rings. The lowest BCUT2D eigenvalue weighted by molar-refractivity contribution is -0.138. The minimum atomic E-state index is -1.13. The van der Waals surface area contributed by atoms with E-state index in [0.717, 1.165) is 12.0 Å². The first-order valence-corrected chi connectivity index (χ1v) is 6.25. The molecule has 0 fully saturated rings. The van der Waals surface area contributed by atoms with E-state index in [1.54, 1.807) is 6.07 Å². The van der Waals surface area contributed by atoms with E-state index >= 15 is 0 Å². The van der Waals surface area contributed by atoms with Crippen LogP contribution in [0.4, 0.5) is 0 Å². The Morgan fingerprint density at radius 1 is 1.37 bits per heavy atom. The highest BCUT2D eigenvalue weighted by atomic mass is 16.4. The molecule has 5 heteroatoms. The maximum Gasteiger partial charge on any atom is 0.322 e. The minimum absolute atomic E-state index is 0.0808. The maximum absolute atomic E-state index is 11.9. The molecular formula is C14H20N2O3. The minimum Gasteiger partial charge on any atom is -0.480 e. The van der Waals surface area contributed by atoms with Crippen molar-refractivity contribution in [1.82, 2.24) is 5.32 Å². The van der Waals surface area contributed by atoms with Gasteiger partial charge in [-0.3, -0.25) is 9.59 Å². The molecule has 0 unspecified atom stereocenters. The largest absolute Gasteiger partial charge is 0.480 e. The van der Waals surface area contributed by atoms with Gasteiger partial charge in [-0.2, -0.15) is 0 Å². The summed E-state index contributed by atoms with van der Waals surface area (Å²) in [5.41, 5.74) is 6.94. The Labute approximate surface area is 112 Å². The topological polar surface area (TPSA) is 92.4 Å². The van der Waals surface area contributed by atoms with Gasteiger partial charge < -0.3 is 16.2 Å². The number of carboxylic acid groups (broad SMARTS) is 1. The predicted molar refractivity (Wildman–Crippen MR) is 72.9 cm³/mol. The Morgan fingerprint density at radius 3 is 2.63 bits per heavy atom. The van der Waals surface area contributed by atoms with Gasteiger partial charge in [-0.05, 0) is 30.0 Å². The fraction of sp³-hybridized carbons (Fsp3) is 0.429. The number of carbonyl (C=O) groups is 2. The number of benzene rings is 1. The number of hydrogen-bond acceptors (Lipinski definition) is 3. The Hall–Kier alpha value is -1.88. The SMILES string of the molecule is CC(C)Cc1cccc(C(=O)NC[C@@H](N)C(=O)O)c1. The molecule has 104 valence electrons. The quantitative estimate of drug-likeness (QED) is 0.715.